The molecule has 0 aromatic heterocycles. The van der Waals surface area contributed by atoms with E-state index in [0.717, 1.165) is 27.1 Å². The van der Waals surface area contributed by atoms with Crippen molar-refractivity contribution in [2.75, 3.05) is 6.61 Å². The molecule has 0 fully saturated rings. The van der Waals surface area contributed by atoms with Crippen LogP contribution in [-0.2, 0) is 10.0 Å². The van der Waals surface area contributed by atoms with Crippen molar-refractivity contribution in [3.8, 4) is 5.75 Å². The predicted molar refractivity (Wildman–Crippen MR) is 122 cm³/mol. The van der Waals surface area contributed by atoms with Crippen molar-refractivity contribution in [3.63, 3.8) is 0 Å². The van der Waals surface area contributed by atoms with Crippen LogP contribution >= 0.6 is 11.6 Å². The lowest BCUT2D eigenvalue weighted by atomic mass is 9.97. The van der Waals surface area contributed by atoms with Gasteiger partial charge in [-0.3, -0.25) is 0 Å². The van der Waals surface area contributed by atoms with Crippen molar-refractivity contribution in [1.29, 1.82) is 0 Å². The first-order valence-electron chi connectivity index (χ1n) is 9.38. The number of rotatable bonds is 6. The molecule has 1 N–H and O–H groups in total. The SMILES string of the molecule is CCOc1ccc(S(=O)(=O)N/N=C\c2c3ccccc3c(Cl)c3ccccc23)cc1. The summed E-state index contributed by atoms with van der Waals surface area (Å²) in [5.41, 5.74) is 0.792. The summed E-state index contributed by atoms with van der Waals surface area (Å²) in [5.74, 6) is 0.610. The zero-order valence-corrected chi connectivity index (χ0v) is 17.7. The second kappa shape index (κ2) is 8.34. The Hall–Kier alpha value is -3.09. The number of benzene rings is 4. The van der Waals surface area contributed by atoms with Crippen LogP contribution in [0.2, 0.25) is 5.02 Å². The van der Waals surface area contributed by atoms with Gasteiger partial charge in [0.15, 0.2) is 0 Å². The van der Waals surface area contributed by atoms with Crippen LogP contribution in [0.3, 0.4) is 0 Å². The Kier molecular flexibility index (Phi) is 5.61. The molecule has 0 aliphatic rings. The highest BCUT2D eigenvalue weighted by atomic mass is 35.5. The zero-order valence-electron chi connectivity index (χ0n) is 16.2. The molecule has 152 valence electrons. The van der Waals surface area contributed by atoms with Crippen LogP contribution in [0.4, 0.5) is 0 Å². The molecule has 0 atom stereocenters. The number of halogens is 1. The van der Waals surface area contributed by atoms with Gasteiger partial charge >= 0.3 is 0 Å². The molecular formula is C23H19ClN2O3S. The predicted octanol–water partition coefficient (Wildman–Crippen LogP) is 5.36. The van der Waals surface area contributed by atoms with Crippen LogP contribution in [0.15, 0.2) is 82.8 Å². The maximum Gasteiger partial charge on any atom is 0.276 e. The third-order valence-corrected chi connectivity index (χ3v) is 6.36. The maximum atomic E-state index is 12.6. The lowest BCUT2D eigenvalue weighted by Gasteiger charge is -2.11. The second-order valence-corrected chi connectivity index (χ2v) is 8.61. The largest absolute Gasteiger partial charge is 0.494 e. The number of hydrogen-bond donors (Lipinski definition) is 1. The molecule has 0 unspecified atom stereocenters. The highest BCUT2D eigenvalue weighted by Crippen LogP contribution is 2.35. The third-order valence-electron chi connectivity index (χ3n) is 4.72. The summed E-state index contributed by atoms with van der Waals surface area (Å²) in [5, 5.41) is 8.26. The Bertz CT molecular complexity index is 1290. The summed E-state index contributed by atoms with van der Waals surface area (Å²) >= 11 is 6.60. The molecule has 0 aliphatic carbocycles. The number of hydrazone groups is 1. The molecule has 0 radical (unpaired) electrons. The summed E-state index contributed by atoms with van der Waals surface area (Å²) in [4.78, 5) is 2.39. The van der Waals surface area contributed by atoms with E-state index in [1.807, 2.05) is 55.5 Å². The molecule has 0 bridgehead atoms. The Balaban J connectivity index is 1.71. The van der Waals surface area contributed by atoms with E-state index >= 15 is 0 Å². The molecular weight excluding hydrogens is 420 g/mol. The first kappa shape index (κ1) is 20.2. The quantitative estimate of drug-likeness (QED) is 0.250. The summed E-state index contributed by atoms with van der Waals surface area (Å²) < 4.78 is 30.5. The number of ether oxygens (including phenoxy) is 1. The molecule has 4 aromatic carbocycles. The fraction of sp³-hybridized carbons (Fsp3) is 0.0870. The van der Waals surface area contributed by atoms with Crippen molar-refractivity contribution in [2.45, 2.75) is 11.8 Å². The van der Waals surface area contributed by atoms with Crippen molar-refractivity contribution in [3.05, 3.63) is 83.4 Å². The molecule has 0 aliphatic heterocycles. The van der Waals surface area contributed by atoms with Crippen LogP contribution in [0.25, 0.3) is 21.5 Å². The first-order chi connectivity index (χ1) is 14.5. The normalized spacial score (nSPS) is 11.9. The van der Waals surface area contributed by atoms with Gasteiger partial charge in [0.25, 0.3) is 10.0 Å². The van der Waals surface area contributed by atoms with E-state index in [-0.39, 0.29) is 4.90 Å². The van der Waals surface area contributed by atoms with E-state index in [1.165, 1.54) is 18.3 Å². The van der Waals surface area contributed by atoms with Crippen LogP contribution in [-0.4, -0.2) is 21.2 Å². The highest BCUT2D eigenvalue weighted by molar-refractivity contribution is 7.89. The van der Waals surface area contributed by atoms with Gasteiger partial charge in [-0.25, -0.2) is 4.83 Å². The molecule has 0 saturated carbocycles. The van der Waals surface area contributed by atoms with Gasteiger partial charge in [0.1, 0.15) is 5.75 Å². The van der Waals surface area contributed by atoms with Gasteiger partial charge in [-0.15, -0.1) is 0 Å². The summed E-state index contributed by atoms with van der Waals surface area (Å²) in [6.07, 6.45) is 1.52. The molecule has 4 aromatic rings. The van der Waals surface area contributed by atoms with Gasteiger partial charge in [0.2, 0.25) is 0 Å². The first-order valence-corrected chi connectivity index (χ1v) is 11.2. The highest BCUT2D eigenvalue weighted by Gasteiger charge is 2.14. The Morgan fingerprint density at radius 2 is 1.43 bits per heavy atom. The Morgan fingerprint density at radius 1 is 0.900 bits per heavy atom. The van der Waals surface area contributed by atoms with Crippen LogP contribution < -0.4 is 9.57 Å². The van der Waals surface area contributed by atoms with E-state index < -0.39 is 10.0 Å². The monoisotopic (exact) mass is 438 g/mol. The average molecular weight is 439 g/mol. The number of nitrogens with zero attached hydrogens (tertiary/aromatic N) is 1. The molecule has 7 heteroatoms. The summed E-state index contributed by atoms with van der Waals surface area (Å²) in [7, 11) is -3.81. The Morgan fingerprint density at radius 3 is 1.97 bits per heavy atom. The lowest BCUT2D eigenvalue weighted by Crippen LogP contribution is -2.18. The Labute approximate surface area is 180 Å². The molecule has 0 amide bonds. The fourth-order valence-electron chi connectivity index (χ4n) is 3.34. The number of sulfonamides is 1. The van der Waals surface area contributed by atoms with E-state index in [1.54, 1.807) is 12.1 Å². The third kappa shape index (κ3) is 3.84. The van der Waals surface area contributed by atoms with E-state index in [0.29, 0.717) is 17.4 Å². The number of hydrogen-bond acceptors (Lipinski definition) is 4. The molecule has 0 heterocycles. The molecule has 4 rings (SSSR count). The van der Waals surface area contributed by atoms with Crippen molar-refractivity contribution in [2.24, 2.45) is 5.10 Å². The average Bonchev–Trinajstić information content (AvgIpc) is 2.77. The van der Waals surface area contributed by atoms with Crippen LogP contribution in [0.1, 0.15) is 12.5 Å². The lowest BCUT2D eigenvalue weighted by molar-refractivity contribution is 0.340. The fourth-order valence-corrected chi connectivity index (χ4v) is 4.46. The van der Waals surface area contributed by atoms with Gasteiger partial charge in [-0.1, -0.05) is 60.1 Å². The number of fused-ring (bicyclic) bond motifs is 2. The second-order valence-electron chi connectivity index (χ2n) is 6.58. The van der Waals surface area contributed by atoms with Gasteiger partial charge in [0.05, 0.1) is 22.7 Å². The van der Waals surface area contributed by atoms with Gasteiger partial charge in [-0.2, -0.15) is 13.5 Å². The maximum absolute atomic E-state index is 12.6. The molecule has 5 nitrogen and oxygen atoms in total. The van der Waals surface area contributed by atoms with Gasteiger partial charge in [0, 0.05) is 16.3 Å². The van der Waals surface area contributed by atoms with Crippen LogP contribution in [0.5, 0.6) is 5.75 Å². The minimum Gasteiger partial charge on any atom is -0.494 e. The van der Waals surface area contributed by atoms with Gasteiger partial charge in [-0.05, 0) is 42.0 Å². The van der Waals surface area contributed by atoms with E-state index in [2.05, 4.69) is 9.93 Å². The molecule has 0 spiro atoms. The standard InChI is InChI=1S/C23H19ClN2O3S/c1-2-29-16-11-13-17(14-12-16)30(27,28)26-25-15-22-18-7-3-5-9-20(18)23(24)21-10-6-4-8-19(21)22/h3-15,26H,2H2,1H3/b25-15-. The van der Waals surface area contributed by atoms with Crippen molar-refractivity contribution >= 4 is 49.4 Å². The van der Waals surface area contributed by atoms with E-state index in [4.69, 9.17) is 16.3 Å². The molecule has 30 heavy (non-hydrogen) atoms. The smallest absolute Gasteiger partial charge is 0.276 e. The van der Waals surface area contributed by atoms with Gasteiger partial charge < -0.3 is 4.74 Å². The van der Waals surface area contributed by atoms with Crippen molar-refractivity contribution < 1.29 is 13.2 Å². The minimum absolute atomic E-state index is 0.105. The molecule has 0 saturated heterocycles. The minimum atomic E-state index is -3.81. The topological polar surface area (TPSA) is 67.8 Å². The zero-order chi connectivity index (χ0) is 21.1. The van der Waals surface area contributed by atoms with Crippen LogP contribution in [0, 0.1) is 0 Å². The summed E-state index contributed by atoms with van der Waals surface area (Å²) in [6.45, 7) is 2.38. The van der Waals surface area contributed by atoms with E-state index in [9.17, 15) is 8.42 Å². The van der Waals surface area contributed by atoms with Crippen molar-refractivity contribution in [1.82, 2.24) is 4.83 Å². The number of nitrogens with one attached hydrogen (secondary N) is 1. The summed E-state index contributed by atoms with van der Waals surface area (Å²) in [6, 6.07) is 21.6.